The van der Waals surface area contributed by atoms with Crippen LogP contribution in [-0.2, 0) is 4.43 Å². The molecule has 0 radical (unpaired) electrons. The zero-order valence-corrected chi connectivity index (χ0v) is 8.44. The highest BCUT2D eigenvalue weighted by Gasteiger charge is 2.15. The molecule has 0 N–H and O–H groups in total. The third-order valence-electron chi connectivity index (χ3n) is 1.65. The Morgan fingerprint density at radius 1 is 1.33 bits per heavy atom. The maximum absolute atomic E-state index is 5.43. The van der Waals surface area contributed by atoms with Crippen molar-refractivity contribution in [1.82, 2.24) is 0 Å². The van der Waals surface area contributed by atoms with E-state index in [0.717, 1.165) is 6.61 Å². The zero-order valence-electron chi connectivity index (χ0n) is 7.03. The molecule has 0 amide bonds. The van der Waals surface area contributed by atoms with Gasteiger partial charge in [-0.3, -0.25) is 0 Å². The van der Waals surface area contributed by atoms with Crippen LogP contribution in [0.2, 0.25) is 5.04 Å². The zero-order chi connectivity index (χ0) is 7.33. The summed E-state index contributed by atoms with van der Waals surface area (Å²) >= 11 is 0. The fourth-order valence-corrected chi connectivity index (χ4v) is 1.44. The lowest BCUT2D eigenvalue weighted by molar-refractivity contribution is 0.338. The minimum absolute atomic E-state index is 0.261. The lowest BCUT2D eigenvalue weighted by atomic mass is 10.1. The van der Waals surface area contributed by atoms with Gasteiger partial charge in [0.05, 0.1) is 0 Å². The Morgan fingerprint density at radius 2 is 1.89 bits per heavy atom. The minimum atomic E-state index is -0.261. The van der Waals surface area contributed by atoms with E-state index < -0.39 is 0 Å². The Morgan fingerprint density at radius 3 is 2.22 bits per heavy atom. The largest absolute Gasteiger partial charge is 0.424 e. The molecule has 0 aromatic heterocycles. The van der Waals surface area contributed by atoms with E-state index >= 15 is 0 Å². The van der Waals surface area contributed by atoms with Crippen LogP contribution in [0.25, 0.3) is 0 Å². The fraction of sp³-hybridized carbons (Fsp3) is 1.00. The van der Waals surface area contributed by atoms with Crippen LogP contribution >= 0.6 is 0 Å². The van der Waals surface area contributed by atoms with Gasteiger partial charge in [0.2, 0.25) is 0 Å². The molecule has 0 saturated heterocycles. The molecule has 0 aliphatic rings. The van der Waals surface area contributed by atoms with Crippen molar-refractivity contribution in [3.05, 3.63) is 0 Å². The van der Waals surface area contributed by atoms with Gasteiger partial charge < -0.3 is 4.43 Å². The van der Waals surface area contributed by atoms with Crippen molar-refractivity contribution in [1.29, 1.82) is 0 Å². The molecule has 0 heterocycles. The van der Waals surface area contributed by atoms with Crippen LogP contribution in [0, 0.1) is 0 Å². The van der Waals surface area contributed by atoms with Crippen LogP contribution in [0.1, 0.15) is 34.1 Å². The van der Waals surface area contributed by atoms with E-state index in [9.17, 15) is 0 Å². The van der Waals surface area contributed by atoms with E-state index in [4.69, 9.17) is 4.43 Å². The number of hydrogen-bond acceptors (Lipinski definition) is 1. The highest BCUT2D eigenvalue weighted by molar-refractivity contribution is 6.31. The Balaban J connectivity index is 3.33. The van der Waals surface area contributed by atoms with Gasteiger partial charge >= 0.3 is 0 Å². The standard InChI is InChI=1S/C7H18OSi/c1-5-7(3,4)9-8-6-2/h5-6,9H2,1-4H3. The van der Waals surface area contributed by atoms with Crippen molar-refractivity contribution in [3.8, 4) is 0 Å². The van der Waals surface area contributed by atoms with Crippen molar-refractivity contribution in [2.24, 2.45) is 0 Å². The molecule has 0 spiro atoms. The Hall–Kier alpha value is 0.177. The maximum atomic E-state index is 5.43. The molecule has 0 unspecified atom stereocenters. The van der Waals surface area contributed by atoms with E-state index in [-0.39, 0.29) is 9.76 Å². The molecule has 0 bridgehead atoms. The molecular formula is C7H18OSi. The summed E-state index contributed by atoms with van der Waals surface area (Å²) in [7, 11) is -0.261. The SMILES string of the molecule is CCO[SiH2]C(C)(C)CC. The minimum Gasteiger partial charge on any atom is -0.424 e. The van der Waals surface area contributed by atoms with Gasteiger partial charge in [0, 0.05) is 6.61 Å². The van der Waals surface area contributed by atoms with Crippen LogP contribution in [-0.4, -0.2) is 16.4 Å². The highest BCUT2D eigenvalue weighted by atomic mass is 28.2. The molecular weight excluding hydrogens is 128 g/mol. The molecule has 0 saturated carbocycles. The van der Waals surface area contributed by atoms with Crippen LogP contribution in [0.3, 0.4) is 0 Å². The molecule has 0 atom stereocenters. The Labute approximate surface area is 60.7 Å². The molecule has 0 aromatic carbocycles. The van der Waals surface area contributed by atoms with E-state index in [1.807, 2.05) is 0 Å². The second-order valence-electron chi connectivity index (χ2n) is 3.15. The molecule has 2 heteroatoms. The lowest BCUT2D eigenvalue weighted by Crippen LogP contribution is -2.14. The summed E-state index contributed by atoms with van der Waals surface area (Å²) in [6.07, 6.45) is 1.25. The monoisotopic (exact) mass is 146 g/mol. The summed E-state index contributed by atoms with van der Waals surface area (Å²) in [4.78, 5) is 0. The van der Waals surface area contributed by atoms with E-state index in [1.54, 1.807) is 0 Å². The predicted molar refractivity (Wildman–Crippen MR) is 44.5 cm³/mol. The van der Waals surface area contributed by atoms with Gasteiger partial charge in [-0.1, -0.05) is 27.2 Å². The van der Waals surface area contributed by atoms with Gasteiger partial charge in [-0.15, -0.1) is 0 Å². The molecule has 0 aliphatic heterocycles. The van der Waals surface area contributed by atoms with Crippen LogP contribution in [0.4, 0.5) is 0 Å². The van der Waals surface area contributed by atoms with Crippen LogP contribution < -0.4 is 0 Å². The molecule has 0 aromatic rings. The van der Waals surface area contributed by atoms with Gasteiger partial charge in [0.1, 0.15) is 0 Å². The molecule has 1 nitrogen and oxygen atoms in total. The smallest absolute Gasteiger partial charge is 0.167 e. The topological polar surface area (TPSA) is 9.23 Å². The molecule has 56 valence electrons. The Bertz CT molecular complexity index is 71.3. The van der Waals surface area contributed by atoms with E-state index in [0.29, 0.717) is 5.04 Å². The summed E-state index contributed by atoms with van der Waals surface area (Å²) in [5.41, 5.74) is 0. The highest BCUT2D eigenvalue weighted by Crippen LogP contribution is 2.26. The van der Waals surface area contributed by atoms with Gasteiger partial charge in [0.15, 0.2) is 9.76 Å². The van der Waals surface area contributed by atoms with Gasteiger partial charge in [-0.05, 0) is 12.0 Å². The third-order valence-corrected chi connectivity index (χ3v) is 3.55. The van der Waals surface area contributed by atoms with Crippen molar-refractivity contribution < 1.29 is 4.43 Å². The maximum Gasteiger partial charge on any atom is 0.167 e. The second-order valence-corrected chi connectivity index (χ2v) is 5.77. The first kappa shape index (κ1) is 9.18. The summed E-state index contributed by atoms with van der Waals surface area (Å²) in [5, 5.41) is 0.510. The fourth-order valence-electron chi connectivity index (χ4n) is 0.480. The second kappa shape index (κ2) is 4.07. The summed E-state index contributed by atoms with van der Waals surface area (Å²) < 4.78 is 5.43. The quantitative estimate of drug-likeness (QED) is 0.549. The summed E-state index contributed by atoms with van der Waals surface area (Å²) in [5.74, 6) is 0. The first-order valence-corrected chi connectivity index (χ1v) is 4.98. The van der Waals surface area contributed by atoms with Crippen molar-refractivity contribution in [2.75, 3.05) is 6.61 Å². The van der Waals surface area contributed by atoms with Gasteiger partial charge in [0.25, 0.3) is 0 Å². The summed E-state index contributed by atoms with van der Waals surface area (Å²) in [6, 6.07) is 0. The summed E-state index contributed by atoms with van der Waals surface area (Å²) in [6.45, 7) is 9.77. The Kier molecular flexibility index (Phi) is 4.15. The van der Waals surface area contributed by atoms with Crippen molar-refractivity contribution in [2.45, 2.75) is 39.2 Å². The van der Waals surface area contributed by atoms with Crippen LogP contribution in [0.15, 0.2) is 0 Å². The number of hydrogen-bond donors (Lipinski definition) is 0. The van der Waals surface area contributed by atoms with E-state index in [1.165, 1.54) is 6.42 Å². The van der Waals surface area contributed by atoms with Crippen molar-refractivity contribution in [3.63, 3.8) is 0 Å². The first-order chi connectivity index (χ1) is 4.12. The van der Waals surface area contributed by atoms with Gasteiger partial charge in [-0.2, -0.15) is 0 Å². The molecule has 0 rings (SSSR count). The number of rotatable bonds is 4. The molecule has 0 fully saturated rings. The third kappa shape index (κ3) is 4.67. The van der Waals surface area contributed by atoms with Gasteiger partial charge in [-0.25, -0.2) is 0 Å². The average Bonchev–Trinajstić information content (AvgIpc) is 1.84. The normalized spacial score (nSPS) is 13.3. The molecule has 9 heavy (non-hydrogen) atoms. The predicted octanol–water partition coefficient (Wildman–Crippen LogP) is 1.72. The lowest BCUT2D eigenvalue weighted by Gasteiger charge is -2.20. The first-order valence-electron chi connectivity index (χ1n) is 3.70. The van der Waals surface area contributed by atoms with E-state index in [2.05, 4.69) is 27.7 Å². The molecule has 0 aliphatic carbocycles. The van der Waals surface area contributed by atoms with Crippen molar-refractivity contribution >= 4 is 9.76 Å². The average molecular weight is 146 g/mol. The van der Waals surface area contributed by atoms with Crippen LogP contribution in [0.5, 0.6) is 0 Å².